The lowest BCUT2D eigenvalue weighted by atomic mass is 9.96. The van der Waals surface area contributed by atoms with Crippen molar-refractivity contribution >= 4 is 22.5 Å². The maximum Gasteiger partial charge on any atom is 0.188 e. The van der Waals surface area contributed by atoms with Crippen LogP contribution in [0.2, 0.25) is 36.3 Å². The molecule has 0 aliphatic heterocycles. The molecule has 0 rings (SSSR count). The van der Waals surface area contributed by atoms with E-state index < -0.39 is 16.6 Å². The zero-order chi connectivity index (χ0) is 18.7. The van der Waals surface area contributed by atoms with Gasteiger partial charge in [-0.05, 0) is 68.9 Å². The maximum atomic E-state index is 10.5. The summed E-state index contributed by atoms with van der Waals surface area (Å²) in [6.07, 6.45) is 3.76. The van der Waals surface area contributed by atoms with Crippen LogP contribution in [0.4, 0.5) is 0 Å². The number of hydrogen-bond donors (Lipinski definition) is 3. The number of nitrogens with two attached hydrogens (primary N) is 1. The lowest BCUT2D eigenvalue weighted by Crippen LogP contribution is -2.40. The molecular formula is C17H40N2O2Si2. The van der Waals surface area contributed by atoms with Crippen LogP contribution in [-0.4, -0.2) is 38.1 Å². The predicted octanol–water partition coefficient (Wildman–Crippen LogP) is 4.25. The number of nitrogens with zero attached hydrogens (tertiary/aromatic N) is 1. The van der Waals surface area contributed by atoms with E-state index in [4.69, 9.17) is 5.73 Å². The summed E-state index contributed by atoms with van der Waals surface area (Å²) in [7, 11) is -4.39. The first-order valence-corrected chi connectivity index (χ1v) is 14.6. The Morgan fingerprint density at radius 1 is 0.913 bits per heavy atom. The summed E-state index contributed by atoms with van der Waals surface area (Å²) in [5.41, 5.74) is 5.81. The molecule has 0 unspecified atom stereocenters. The quantitative estimate of drug-likeness (QED) is 0.327. The van der Waals surface area contributed by atoms with Crippen LogP contribution >= 0.6 is 0 Å². The molecule has 0 bridgehead atoms. The largest absolute Gasteiger partial charge is 0.432 e. The average molecular weight is 361 g/mol. The summed E-state index contributed by atoms with van der Waals surface area (Å²) < 4.78 is 0. The van der Waals surface area contributed by atoms with Crippen molar-refractivity contribution in [1.29, 1.82) is 0 Å². The Labute approximate surface area is 145 Å². The van der Waals surface area contributed by atoms with Gasteiger partial charge in [0.15, 0.2) is 16.6 Å². The first-order chi connectivity index (χ1) is 9.99. The van der Waals surface area contributed by atoms with E-state index in [1.54, 1.807) is 0 Å². The minimum atomic E-state index is -2.19. The van der Waals surface area contributed by atoms with E-state index in [-0.39, 0.29) is 16.1 Å². The third-order valence-corrected chi connectivity index (χ3v) is 13.0. The highest BCUT2D eigenvalue weighted by molar-refractivity contribution is 6.73. The number of rotatable bonds is 9. The molecule has 0 aliphatic rings. The van der Waals surface area contributed by atoms with Gasteiger partial charge in [0.05, 0.1) is 11.9 Å². The molecule has 0 saturated carbocycles. The zero-order valence-corrected chi connectivity index (χ0v) is 18.8. The Balaban J connectivity index is 4.91. The van der Waals surface area contributed by atoms with Crippen molar-refractivity contribution in [2.45, 2.75) is 103 Å². The average Bonchev–Trinajstić information content (AvgIpc) is 2.29. The number of hydrogen-bond acceptors (Lipinski definition) is 3. The van der Waals surface area contributed by atoms with Gasteiger partial charge >= 0.3 is 0 Å². The van der Waals surface area contributed by atoms with Crippen LogP contribution < -0.4 is 5.73 Å². The molecule has 6 heteroatoms. The fourth-order valence-electron chi connectivity index (χ4n) is 2.23. The van der Waals surface area contributed by atoms with Gasteiger partial charge in [-0.15, -0.1) is 0 Å². The van der Waals surface area contributed by atoms with E-state index in [0.29, 0.717) is 5.84 Å². The van der Waals surface area contributed by atoms with E-state index in [1.807, 2.05) is 33.1 Å². The summed E-state index contributed by atoms with van der Waals surface area (Å²) in [6, 6.07) is 0.172. The van der Waals surface area contributed by atoms with Crippen molar-refractivity contribution in [2.75, 3.05) is 0 Å². The smallest absolute Gasteiger partial charge is 0.188 e. The standard InChI is InChI=1S/C17H40N2O2Si2/c1-14(18)19-15(10-12-16(2,3)22(6,7)20)11-13-17(4,5)23(8,9)21/h15,20-21H,10-13H2,1-9H3,(H2,18,19). The minimum Gasteiger partial charge on any atom is -0.432 e. The van der Waals surface area contributed by atoms with Gasteiger partial charge in [0.2, 0.25) is 0 Å². The van der Waals surface area contributed by atoms with Crippen molar-refractivity contribution in [3.05, 3.63) is 0 Å². The second-order valence-electron chi connectivity index (χ2n) is 9.39. The Morgan fingerprint density at radius 2 is 1.22 bits per heavy atom. The van der Waals surface area contributed by atoms with Crippen LogP contribution in [0.25, 0.3) is 0 Å². The Bertz CT molecular complexity index is 374. The van der Waals surface area contributed by atoms with Gasteiger partial charge in [0.1, 0.15) is 0 Å². The summed E-state index contributed by atoms with van der Waals surface area (Å²) in [5, 5.41) is -0.0758. The maximum absolute atomic E-state index is 10.5. The van der Waals surface area contributed by atoms with Crippen LogP contribution in [0.1, 0.15) is 60.3 Å². The van der Waals surface area contributed by atoms with Crippen molar-refractivity contribution in [2.24, 2.45) is 10.7 Å². The number of aliphatic imine (C=N–C) groups is 1. The van der Waals surface area contributed by atoms with Crippen LogP contribution in [0.5, 0.6) is 0 Å². The van der Waals surface area contributed by atoms with E-state index in [0.717, 1.165) is 25.7 Å². The van der Waals surface area contributed by atoms with Crippen LogP contribution in [0, 0.1) is 0 Å². The second kappa shape index (κ2) is 7.80. The highest BCUT2D eigenvalue weighted by Gasteiger charge is 2.39. The monoisotopic (exact) mass is 360 g/mol. The summed E-state index contributed by atoms with van der Waals surface area (Å²) in [5.74, 6) is 0.617. The molecule has 4 N–H and O–H groups in total. The van der Waals surface area contributed by atoms with E-state index in [9.17, 15) is 9.59 Å². The van der Waals surface area contributed by atoms with Gasteiger partial charge in [-0.1, -0.05) is 27.7 Å². The highest BCUT2D eigenvalue weighted by atomic mass is 28.4. The van der Waals surface area contributed by atoms with Crippen molar-refractivity contribution < 1.29 is 9.59 Å². The van der Waals surface area contributed by atoms with Crippen LogP contribution in [0.3, 0.4) is 0 Å². The van der Waals surface area contributed by atoms with Gasteiger partial charge in [-0.25, -0.2) is 0 Å². The molecule has 4 nitrogen and oxygen atoms in total. The minimum absolute atomic E-state index is 0.0379. The van der Waals surface area contributed by atoms with Gasteiger partial charge in [0.25, 0.3) is 0 Å². The molecular weight excluding hydrogens is 320 g/mol. The zero-order valence-electron chi connectivity index (χ0n) is 16.8. The molecule has 0 aliphatic carbocycles. The first kappa shape index (κ1) is 22.8. The van der Waals surface area contributed by atoms with E-state index in [1.165, 1.54) is 0 Å². The second-order valence-corrected chi connectivity index (χ2v) is 18.3. The Hall–Kier alpha value is -0.176. The van der Waals surface area contributed by atoms with E-state index >= 15 is 0 Å². The molecule has 0 aromatic carbocycles. The van der Waals surface area contributed by atoms with Gasteiger partial charge in [-0.3, -0.25) is 4.99 Å². The van der Waals surface area contributed by atoms with Crippen LogP contribution in [0.15, 0.2) is 4.99 Å². The van der Waals surface area contributed by atoms with Gasteiger partial charge in [-0.2, -0.15) is 0 Å². The van der Waals surface area contributed by atoms with Gasteiger partial charge < -0.3 is 15.3 Å². The van der Waals surface area contributed by atoms with Crippen LogP contribution in [-0.2, 0) is 0 Å². The normalized spacial score (nSPS) is 15.4. The molecule has 0 atom stereocenters. The molecule has 0 amide bonds. The van der Waals surface area contributed by atoms with E-state index in [2.05, 4.69) is 32.7 Å². The molecule has 0 spiro atoms. The molecule has 0 aromatic heterocycles. The molecule has 138 valence electrons. The fraction of sp³-hybridized carbons (Fsp3) is 0.941. The SMILES string of the molecule is CC(N)=NC(CCC(C)(C)[Si](C)(C)O)CCC(C)(C)[Si](C)(C)O. The third-order valence-electron chi connectivity index (χ3n) is 5.90. The third kappa shape index (κ3) is 7.50. The number of amidine groups is 1. The lowest BCUT2D eigenvalue weighted by molar-refractivity contribution is 0.393. The molecule has 0 radical (unpaired) electrons. The molecule has 23 heavy (non-hydrogen) atoms. The lowest BCUT2D eigenvalue weighted by Gasteiger charge is -2.37. The summed E-state index contributed by atoms with van der Waals surface area (Å²) in [6.45, 7) is 18.5. The Kier molecular flexibility index (Phi) is 7.74. The summed E-state index contributed by atoms with van der Waals surface area (Å²) in [4.78, 5) is 25.5. The topological polar surface area (TPSA) is 78.8 Å². The molecule has 0 heterocycles. The van der Waals surface area contributed by atoms with Crippen molar-refractivity contribution in [1.82, 2.24) is 0 Å². The summed E-state index contributed by atoms with van der Waals surface area (Å²) >= 11 is 0. The highest BCUT2D eigenvalue weighted by Crippen LogP contribution is 2.43. The first-order valence-electron chi connectivity index (χ1n) is 8.74. The van der Waals surface area contributed by atoms with Crippen molar-refractivity contribution in [3.63, 3.8) is 0 Å². The molecule has 0 aromatic rings. The predicted molar refractivity (Wildman–Crippen MR) is 107 cm³/mol. The molecule has 0 fully saturated rings. The molecule has 0 saturated heterocycles. The fourth-order valence-corrected chi connectivity index (χ4v) is 3.74. The van der Waals surface area contributed by atoms with Gasteiger partial charge in [0, 0.05) is 0 Å². The Morgan fingerprint density at radius 3 is 1.43 bits per heavy atom. The van der Waals surface area contributed by atoms with Crippen molar-refractivity contribution in [3.8, 4) is 0 Å².